The van der Waals surface area contributed by atoms with E-state index in [0.29, 0.717) is 19.3 Å². The molecule has 0 amide bonds. The summed E-state index contributed by atoms with van der Waals surface area (Å²) in [4.78, 5) is 38.3. The summed E-state index contributed by atoms with van der Waals surface area (Å²) in [6, 6.07) is 0. The molecule has 0 N–H and O–H groups in total. The number of hydrogen-bond acceptors (Lipinski definition) is 6. The lowest BCUT2D eigenvalue weighted by molar-refractivity contribution is -0.167. The predicted molar refractivity (Wildman–Crippen MR) is 321 cm³/mol. The molecule has 0 saturated heterocycles. The minimum absolute atomic E-state index is 0.0775. The normalized spacial score (nSPS) is 12.3. The molecule has 0 rings (SSSR count). The SMILES string of the molecule is CCCCC/C=C\C/C=C\C/C=C\CCCCCCCCC(=O)OC(COC(=O)CCCCCCC/C=C\CCCCCCCC)COC(=O)CCCCCCCCCCCCCCCCCCCCCCCC. The Morgan fingerprint density at radius 2 is 0.486 bits per heavy atom. The molecule has 1 unspecified atom stereocenters. The van der Waals surface area contributed by atoms with E-state index >= 15 is 0 Å². The second kappa shape index (κ2) is 62.9. The standard InChI is InChI=1S/C68H124O6/c1-4-7-10-13-16-19-22-25-28-30-32-33-34-36-37-40-43-46-49-52-55-58-61-67(70)73-64-65(63-72-66(69)60-57-54-51-48-45-42-39-27-24-21-18-15-12-9-6-3)74-68(71)62-59-56-53-50-47-44-41-38-35-31-29-26-23-20-17-14-11-8-5-2/h17,20,26-27,29,35,38-39,65H,4-16,18-19,21-25,28,30-34,36-37,40-64H2,1-3H3/b20-17-,29-26-,38-35-,39-27-. The zero-order valence-corrected chi connectivity index (χ0v) is 49.6. The monoisotopic (exact) mass is 1040 g/mol. The second-order valence-electron chi connectivity index (χ2n) is 22.0. The molecule has 6 nitrogen and oxygen atoms in total. The van der Waals surface area contributed by atoms with Crippen molar-refractivity contribution < 1.29 is 28.6 Å². The minimum atomic E-state index is -0.783. The summed E-state index contributed by atoms with van der Waals surface area (Å²) in [5.74, 6) is -0.877. The molecule has 0 aromatic carbocycles. The number of allylic oxidation sites excluding steroid dienone is 8. The Balaban J connectivity index is 4.33. The lowest BCUT2D eigenvalue weighted by Crippen LogP contribution is -2.30. The van der Waals surface area contributed by atoms with Gasteiger partial charge in [0.05, 0.1) is 0 Å². The van der Waals surface area contributed by atoms with Crippen LogP contribution in [0.3, 0.4) is 0 Å². The van der Waals surface area contributed by atoms with Gasteiger partial charge in [0, 0.05) is 19.3 Å². The van der Waals surface area contributed by atoms with Gasteiger partial charge >= 0.3 is 17.9 Å². The quantitative estimate of drug-likeness (QED) is 0.0261. The Bertz CT molecular complexity index is 1280. The van der Waals surface area contributed by atoms with Gasteiger partial charge in [-0.15, -0.1) is 0 Å². The smallest absolute Gasteiger partial charge is 0.306 e. The van der Waals surface area contributed by atoms with Crippen molar-refractivity contribution >= 4 is 17.9 Å². The zero-order valence-electron chi connectivity index (χ0n) is 49.6. The molecule has 0 radical (unpaired) electrons. The first-order chi connectivity index (χ1) is 36.5. The molecule has 1 atom stereocenters. The largest absolute Gasteiger partial charge is 0.462 e. The highest BCUT2D eigenvalue weighted by Crippen LogP contribution is 2.17. The van der Waals surface area contributed by atoms with E-state index in [1.54, 1.807) is 0 Å². The lowest BCUT2D eigenvalue weighted by atomic mass is 10.0. The maximum Gasteiger partial charge on any atom is 0.306 e. The summed E-state index contributed by atoms with van der Waals surface area (Å²) in [5, 5.41) is 0. The van der Waals surface area contributed by atoms with E-state index in [9.17, 15) is 14.4 Å². The van der Waals surface area contributed by atoms with Gasteiger partial charge in [0.1, 0.15) is 13.2 Å². The van der Waals surface area contributed by atoms with Crippen LogP contribution < -0.4 is 0 Å². The van der Waals surface area contributed by atoms with Crippen molar-refractivity contribution in [1.82, 2.24) is 0 Å². The van der Waals surface area contributed by atoms with E-state index in [-0.39, 0.29) is 31.1 Å². The molecule has 0 bridgehead atoms. The first-order valence-electron chi connectivity index (χ1n) is 32.6. The van der Waals surface area contributed by atoms with Crippen LogP contribution >= 0.6 is 0 Å². The fraction of sp³-hybridized carbons (Fsp3) is 0.838. The van der Waals surface area contributed by atoms with E-state index in [1.807, 2.05) is 0 Å². The number of esters is 3. The van der Waals surface area contributed by atoms with Gasteiger partial charge in [0.2, 0.25) is 0 Å². The van der Waals surface area contributed by atoms with Gasteiger partial charge < -0.3 is 14.2 Å². The highest BCUT2D eigenvalue weighted by atomic mass is 16.6. The van der Waals surface area contributed by atoms with E-state index < -0.39 is 6.10 Å². The van der Waals surface area contributed by atoms with Crippen molar-refractivity contribution in [2.45, 2.75) is 354 Å². The molecule has 0 aromatic heterocycles. The van der Waals surface area contributed by atoms with Gasteiger partial charge in [-0.1, -0.05) is 294 Å². The number of ether oxygens (including phenoxy) is 3. The Kier molecular flexibility index (Phi) is 60.7. The van der Waals surface area contributed by atoms with Crippen LogP contribution in [0.15, 0.2) is 48.6 Å². The van der Waals surface area contributed by atoms with Gasteiger partial charge in [0.25, 0.3) is 0 Å². The minimum Gasteiger partial charge on any atom is -0.462 e. The topological polar surface area (TPSA) is 78.9 Å². The number of carbonyl (C=O) groups excluding carboxylic acids is 3. The molecule has 0 saturated carbocycles. The fourth-order valence-corrected chi connectivity index (χ4v) is 9.62. The molecular weight excluding hydrogens is 913 g/mol. The van der Waals surface area contributed by atoms with E-state index in [4.69, 9.17) is 14.2 Å². The van der Waals surface area contributed by atoms with Crippen molar-refractivity contribution in [3.63, 3.8) is 0 Å². The number of carbonyl (C=O) groups is 3. The van der Waals surface area contributed by atoms with Crippen LogP contribution in [-0.4, -0.2) is 37.2 Å². The molecular formula is C68H124O6. The van der Waals surface area contributed by atoms with Crippen molar-refractivity contribution in [2.24, 2.45) is 0 Å². The summed E-state index contributed by atoms with van der Waals surface area (Å²) >= 11 is 0. The number of hydrogen-bond donors (Lipinski definition) is 0. The van der Waals surface area contributed by atoms with Crippen LogP contribution in [-0.2, 0) is 28.6 Å². The number of unbranched alkanes of at least 4 members (excludes halogenated alkanes) is 41. The molecule has 0 aliphatic rings. The van der Waals surface area contributed by atoms with E-state index in [2.05, 4.69) is 69.4 Å². The van der Waals surface area contributed by atoms with Crippen LogP contribution in [0.5, 0.6) is 0 Å². The summed E-state index contributed by atoms with van der Waals surface area (Å²) in [6.45, 7) is 6.65. The predicted octanol–water partition coefficient (Wildman–Crippen LogP) is 22.2. The molecule has 0 fully saturated rings. The van der Waals surface area contributed by atoms with Crippen molar-refractivity contribution in [3.05, 3.63) is 48.6 Å². The van der Waals surface area contributed by atoms with Gasteiger partial charge in [0.15, 0.2) is 6.10 Å². The van der Waals surface area contributed by atoms with E-state index in [0.717, 1.165) is 89.9 Å². The summed E-state index contributed by atoms with van der Waals surface area (Å²) in [5.41, 5.74) is 0. The maximum atomic E-state index is 12.9. The maximum absolute atomic E-state index is 12.9. The summed E-state index contributed by atoms with van der Waals surface area (Å²) in [7, 11) is 0. The van der Waals surface area contributed by atoms with Gasteiger partial charge in [-0.3, -0.25) is 14.4 Å². The molecule has 74 heavy (non-hydrogen) atoms. The third kappa shape index (κ3) is 60.2. The lowest BCUT2D eigenvalue weighted by Gasteiger charge is -2.18. The van der Waals surface area contributed by atoms with Gasteiger partial charge in [-0.05, 0) is 83.5 Å². The van der Waals surface area contributed by atoms with Crippen LogP contribution in [0, 0.1) is 0 Å². The van der Waals surface area contributed by atoms with Crippen LogP contribution in [0.1, 0.15) is 348 Å². The Morgan fingerprint density at radius 3 is 0.797 bits per heavy atom. The first kappa shape index (κ1) is 71.4. The average molecular weight is 1040 g/mol. The summed E-state index contributed by atoms with van der Waals surface area (Å²) in [6.07, 6.45) is 78.3. The fourth-order valence-electron chi connectivity index (χ4n) is 9.62. The highest BCUT2D eigenvalue weighted by molar-refractivity contribution is 5.71. The Morgan fingerprint density at radius 1 is 0.270 bits per heavy atom. The third-order valence-electron chi connectivity index (χ3n) is 14.6. The van der Waals surface area contributed by atoms with Crippen molar-refractivity contribution in [3.8, 4) is 0 Å². The Hall–Kier alpha value is -2.63. The summed E-state index contributed by atoms with van der Waals surface area (Å²) < 4.78 is 16.9. The van der Waals surface area contributed by atoms with E-state index in [1.165, 1.54) is 218 Å². The molecule has 6 heteroatoms. The third-order valence-corrected chi connectivity index (χ3v) is 14.6. The first-order valence-corrected chi connectivity index (χ1v) is 32.6. The molecule has 0 aromatic rings. The average Bonchev–Trinajstić information content (AvgIpc) is 3.40. The van der Waals surface area contributed by atoms with Crippen LogP contribution in [0.25, 0.3) is 0 Å². The highest BCUT2D eigenvalue weighted by Gasteiger charge is 2.19. The van der Waals surface area contributed by atoms with Gasteiger partial charge in [-0.2, -0.15) is 0 Å². The number of rotatable bonds is 60. The molecule has 0 aliphatic carbocycles. The molecule has 0 aliphatic heterocycles. The second-order valence-corrected chi connectivity index (χ2v) is 22.0. The van der Waals surface area contributed by atoms with Crippen molar-refractivity contribution in [1.29, 1.82) is 0 Å². The molecule has 432 valence electrons. The van der Waals surface area contributed by atoms with Crippen LogP contribution in [0.2, 0.25) is 0 Å². The zero-order chi connectivity index (χ0) is 53.6. The van der Waals surface area contributed by atoms with Gasteiger partial charge in [-0.25, -0.2) is 0 Å². The van der Waals surface area contributed by atoms with Crippen LogP contribution in [0.4, 0.5) is 0 Å². The molecule has 0 spiro atoms. The molecule has 0 heterocycles. The van der Waals surface area contributed by atoms with Crippen molar-refractivity contribution in [2.75, 3.05) is 13.2 Å². The Labute approximate surface area is 460 Å².